The first-order chi connectivity index (χ1) is 12.1. The monoisotopic (exact) mass is 368 g/mol. The molecule has 1 aromatic rings. The summed E-state index contributed by atoms with van der Waals surface area (Å²) in [7, 11) is 3.24. The molecule has 0 spiro atoms. The zero-order valence-corrected chi connectivity index (χ0v) is 15.4. The van der Waals surface area contributed by atoms with Gasteiger partial charge in [0.15, 0.2) is 0 Å². The van der Waals surface area contributed by atoms with Gasteiger partial charge < -0.3 is 14.8 Å². The van der Waals surface area contributed by atoms with Crippen molar-refractivity contribution in [3.8, 4) is 0 Å². The molecular weight excluding hydrogens is 344 g/mol. The van der Waals surface area contributed by atoms with Crippen LogP contribution in [0.15, 0.2) is 0 Å². The van der Waals surface area contributed by atoms with Crippen molar-refractivity contribution in [2.45, 2.75) is 44.2 Å². The standard InChI is InChI=1S/C16H24N4O4S/c1-23-9-12-18-19-15(25-12)20-8-11(7-13(20)21)14(22)17-16(10-24-2)5-3-4-6-16/h11H,3-10H2,1-2H3,(H,17,22). The molecule has 1 saturated heterocycles. The van der Waals surface area contributed by atoms with Crippen LogP contribution in [0, 0.1) is 5.92 Å². The van der Waals surface area contributed by atoms with Gasteiger partial charge in [0.2, 0.25) is 16.9 Å². The minimum absolute atomic E-state index is 0.0727. The number of hydrogen-bond acceptors (Lipinski definition) is 7. The second kappa shape index (κ2) is 7.76. The molecule has 8 nitrogen and oxygen atoms in total. The van der Waals surface area contributed by atoms with E-state index in [1.807, 2.05) is 0 Å². The number of nitrogens with one attached hydrogen (secondary N) is 1. The van der Waals surface area contributed by atoms with Gasteiger partial charge in [-0.25, -0.2) is 0 Å². The first-order valence-electron chi connectivity index (χ1n) is 8.49. The molecule has 0 aromatic carbocycles. The molecule has 1 aliphatic heterocycles. The summed E-state index contributed by atoms with van der Waals surface area (Å²) in [6, 6.07) is 0. The van der Waals surface area contributed by atoms with Gasteiger partial charge in [0.25, 0.3) is 0 Å². The number of methoxy groups -OCH3 is 2. The fourth-order valence-electron chi connectivity index (χ4n) is 3.60. The number of nitrogens with zero attached hydrogens (tertiary/aromatic N) is 3. The van der Waals surface area contributed by atoms with Crippen LogP contribution in [0.2, 0.25) is 0 Å². The van der Waals surface area contributed by atoms with Crippen LogP contribution in [-0.4, -0.2) is 54.9 Å². The third kappa shape index (κ3) is 3.99. The molecule has 0 radical (unpaired) electrons. The maximum Gasteiger partial charge on any atom is 0.229 e. The summed E-state index contributed by atoms with van der Waals surface area (Å²) in [5.41, 5.74) is -0.281. The van der Waals surface area contributed by atoms with E-state index in [1.54, 1.807) is 19.1 Å². The molecule has 1 N–H and O–H groups in total. The summed E-state index contributed by atoms with van der Waals surface area (Å²) in [6.07, 6.45) is 4.23. The van der Waals surface area contributed by atoms with Crippen LogP contribution in [0.25, 0.3) is 0 Å². The lowest BCUT2D eigenvalue weighted by atomic mass is 9.96. The van der Waals surface area contributed by atoms with Crippen LogP contribution in [0.4, 0.5) is 5.13 Å². The highest BCUT2D eigenvalue weighted by atomic mass is 32.1. The lowest BCUT2D eigenvalue weighted by Gasteiger charge is -2.30. The predicted molar refractivity (Wildman–Crippen MR) is 92.3 cm³/mol. The molecule has 0 bridgehead atoms. The second-order valence-electron chi connectivity index (χ2n) is 6.73. The van der Waals surface area contributed by atoms with E-state index >= 15 is 0 Å². The lowest BCUT2D eigenvalue weighted by molar-refractivity contribution is -0.128. The zero-order chi connectivity index (χ0) is 17.9. The van der Waals surface area contributed by atoms with Crippen molar-refractivity contribution in [1.82, 2.24) is 15.5 Å². The van der Waals surface area contributed by atoms with Crippen LogP contribution < -0.4 is 10.2 Å². The molecule has 1 atom stereocenters. The van der Waals surface area contributed by atoms with Crippen molar-refractivity contribution in [3.63, 3.8) is 0 Å². The van der Waals surface area contributed by atoms with E-state index in [9.17, 15) is 9.59 Å². The first-order valence-corrected chi connectivity index (χ1v) is 9.31. The largest absolute Gasteiger partial charge is 0.382 e. The van der Waals surface area contributed by atoms with Crippen LogP contribution in [-0.2, 0) is 25.7 Å². The van der Waals surface area contributed by atoms with E-state index in [0.29, 0.717) is 29.9 Å². The Balaban J connectivity index is 1.64. The van der Waals surface area contributed by atoms with Crippen LogP contribution in [0.5, 0.6) is 0 Å². The Morgan fingerprint density at radius 2 is 2.08 bits per heavy atom. The summed E-state index contributed by atoms with van der Waals surface area (Å²) in [5.74, 6) is -0.527. The van der Waals surface area contributed by atoms with E-state index in [0.717, 1.165) is 25.7 Å². The smallest absolute Gasteiger partial charge is 0.229 e. The van der Waals surface area contributed by atoms with Gasteiger partial charge in [0.05, 0.1) is 18.1 Å². The minimum atomic E-state index is -0.364. The first kappa shape index (κ1) is 18.2. The number of carbonyl (C=O) groups is 2. The maximum absolute atomic E-state index is 12.7. The molecule has 1 aromatic heterocycles. The molecular formula is C16H24N4O4S. The average molecular weight is 368 g/mol. The molecule has 2 amide bonds. The highest BCUT2D eigenvalue weighted by Gasteiger charge is 2.41. The Labute approximate surface area is 150 Å². The van der Waals surface area contributed by atoms with Crippen molar-refractivity contribution in [2.24, 2.45) is 5.92 Å². The lowest BCUT2D eigenvalue weighted by Crippen LogP contribution is -2.51. The summed E-state index contributed by atoms with van der Waals surface area (Å²) in [4.78, 5) is 26.6. The highest BCUT2D eigenvalue weighted by Crippen LogP contribution is 2.32. The van der Waals surface area contributed by atoms with Crippen molar-refractivity contribution < 1.29 is 19.1 Å². The molecule has 1 aliphatic carbocycles. The Bertz CT molecular complexity index is 629. The molecule has 2 fully saturated rings. The van der Waals surface area contributed by atoms with Gasteiger partial charge in [-0.3, -0.25) is 14.5 Å². The van der Waals surface area contributed by atoms with E-state index in [1.165, 1.54) is 11.3 Å². The van der Waals surface area contributed by atoms with Gasteiger partial charge in [0.1, 0.15) is 11.6 Å². The van der Waals surface area contributed by atoms with Gasteiger partial charge in [-0.2, -0.15) is 0 Å². The van der Waals surface area contributed by atoms with Crippen molar-refractivity contribution >= 4 is 28.3 Å². The third-order valence-corrected chi connectivity index (χ3v) is 5.74. The second-order valence-corrected chi connectivity index (χ2v) is 7.77. The Morgan fingerprint density at radius 1 is 1.32 bits per heavy atom. The number of anilines is 1. The van der Waals surface area contributed by atoms with Crippen molar-refractivity contribution in [1.29, 1.82) is 0 Å². The van der Waals surface area contributed by atoms with Crippen LogP contribution in [0.1, 0.15) is 37.1 Å². The topological polar surface area (TPSA) is 93.7 Å². The third-order valence-electron chi connectivity index (χ3n) is 4.82. The van der Waals surface area contributed by atoms with E-state index in [2.05, 4.69) is 15.5 Å². The number of aromatic nitrogens is 2. The van der Waals surface area contributed by atoms with Crippen LogP contribution >= 0.6 is 11.3 Å². The number of hydrogen-bond donors (Lipinski definition) is 1. The molecule has 25 heavy (non-hydrogen) atoms. The van der Waals surface area contributed by atoms with E-state index < -0.39 is 0 Å². The summed E-state index contributed by atoms with van der Waals surface area (Å²) in [5, 5.41) is 12.5. The molecule has 1 unspecified atom stereocenters. The van der Waals surface area contributed by atoms with Crippen molar-refractivity contribution in [2.75, 3.05) is 32.3 Å². The van der Waals surface area contributed by atoms with Crippen molar-refractivity contribution in [3.05, 3.63) is 5.01 Å². The van der Waals surface area contributed by atoms with E-state index in [4.69, 9.17) is 9.47 Å². The molecule has 9 heteroatoms. The molecule has 1 saturated carbocycles. The Kier molecular flexibility index (Phi) is 5.65. The summed E-state index contributed by atoms with van der Waals surface area (Å²) in [6.45, 7) is 1.22. The number of ether oxygens (including phenoxy) is 2. The van der Waals surface area contributed by atoms with E-state index in [-0.39, 0.29) is 29.7 Å². The fraction of sp³-hybridized carbons (Fsp3) is 0.750. The molecule has 2 heterocycles. The quantitative estimate of drug-likeness (QED) is 0.775. The molecule has 3 rings (SSSR count). The predicted octanol–water partition coefficient (Wildman–Crippen LogP) is 1.11. The van der Waals surface area contributed by atoms with Gasteiger partial charge in [-0.1, -0.05) is 24.2 Å². The summed E-state index contributed by atoms with van der Waals surface area (Å²) >= 11 is 1.32. The zero-order valence-electron chi connectivity index (χ0n) is 14.6. The van der Waals surface area contributed by atoms with Crippen LogP contribution in [0.3, 0.4) is 0 Å². The van der Waals surface area contributed by atoms with Gasteiger partial charge >= 0.3 is 0 Å². The number of rotatable bonds is 7. The minimum Gasteiger partial charge on any atom is -0.382 e. The molecule has 138 valence electrons. The Morgan fingerprint density at radius 3 is 2.76 bits per heavy atom. The van der Waals surface area contributed by atoms with Gasteiger partial charge in [-0.15, -0.1) is 10.2 Å². The fourth-order valence-corrected chi connectivity index (χ4v) is 4.44. The SMILES string of the molecule is COCc1nnc(N2CC(C(=O)NC3(COC)CCCC3)CC2=O)s1. The number of carbonyl (C=O) groups excluding carboxylic acids is 2. The average Bonchev–Trinajstić information content (AvgIpc) is 3.29. The molecule has 2 aliphatic rings. The number of amides is 2. The van der Waals surface area contributed by atoms with Gasteiger partial charge in [0, 0.05) is 27.2 Å². The summed E-state index contributed by atoms with van der Waals surface area (Å²) < 4.78 is 10.3. The normalized spacial score (nSPS) is 22.6. The highest BCUT2D eigenvalue weighted by molar-refractivity contribution is 7.15. The maximum atomic E-state index is 12.7. The Hall–Kier alpha value is -1.58. The van der Waals surface area contributed by atoms with Gasteiger partial charge in [-0.05, 0) is 12.8 Å².